The Bertz CT molecular complexity index is 1100. The van der Waals surface area contributed by atoms with Crippen molar-refractivity contribution >= 4 is 32.8 Å². The predicted octanol–water partition coefficient (Wildman–Crippen LogP) is 2.62. The molecule has 0 fully saturated rings. The van der Waals surface area contributed by atoms with Crippen LogP contribution in [0.1, 0.15) is 23.0 Å². The maximum Gasteiger partial charge on any atom is 0.255 e. The van der Waals surface area contributed by atoms with Gasteiger partial charge in [-0.2, -0.15) is 0 Å². The molecule has 142 valence electrons. The van der Waals surface area contributed by atoms with Crippen molar-refractivity contribution < 1.29 is 13.2 Å². The van der Waals surface area contributed by atoms with E-state index in [1.165, 1.54) is 0 Å². The molecule has 0 radical (unpaired) electrons. The van der Waals surface area contributed by atoms with Gasteiger partial charge in [-0.1, -0.05) is 25.1 Å². The summed E-state index contributed by atoms with van der Waals surface area (Å²) in [5.74, 6) is -0.100. The van der Waals surface area contributed by atoms with E-state index in [4.69, 9.17) is 0 Å². The van der Waals surface area contributed by atoms with Crippen LogP contribution in [0.3, 0.4) is 0 Å². The van der Waals surface area contributed by atoms with Crippen molar-refractivity contribution in [2.45, 2.75) is 18.2 Å². The van der Waals surface area contributed by atoms with E-state index < -0.39 is 9.84 Å². The molecule has 0 aliphatic carbocycles. The summed E-state index contributed by atoms with van der Waals surface area (Å²) in [6, 6.07) is 12.3. The van der Waals surface area contributed by atoms with Crippen molar-refractivity contribution in [1.29, 1.82) is 0 Å². The zero-order chi connectivity index (χ0) is 19.8. The first-order valence-corrected chi connectivity index (χ1v) is 10.4. The first-order chi connectivity index (χ1) is 12.7. The van der Waals surface area contributed by atoms with Crippen molar-refractivity contribution in [2.24, 2.45) is 0 Å². The number of anilines is 2. The average molecular weight is 386 g/mol. The van der Waals surface area contributed by atoms with Gasteiger partial charge in [0.25, 0.3) is 5.91 Å². The minimum absolute atomic E-state index is 0.00466. The fourth-order valence-electron chi connectivity index (χ4n) is 2.95. The predicted molar refractivity (Wildman–Crippen MR) is 106 cm³/mol. The minimum Gasteiger partial charge on any atom is -0.360 e. The van der Waals surface area contributed by atoms with Crippen molar-refractivity contribution in [3.63, 3.8) is 0 Å². The van der Waals surface area contributed by atoms with Gasteiger partial charge in [-0.25, -0.2) is 12.9 Å². The minimum atomic E-state index is -3.66. The molecule has 2 aromatic heterocycles. The quantitative estimate of drug-likeness (QED) is 0.729. The summed E-state index contributed by atoms with van der Waals surface area (Å²) in [4.78, 5) is 14.4. The van der Waals surface area contributed by atoms with Crippen LogP contribution in [-0.4, -0.2) is 44.3 Å². The highest BCUT2D eigenvalue weighted by molar-refractivity contribution is 7.91. The molecule has 27 heavy (non-hydrogen) atoms. The number of sulfone groups is 1. The molecular formula is C19H22N4O3S. The molecule has 1 N–H and O–H groups in total. The number of benzene rings is 1. The Morgan fingerprint density at radius 3 is 2.37 bits per heavy atom. The summed E-state index contributed by atoms with van der Waals surface area (Å²) in [5.41, 5.74) is 2.15. The number of nitrogens with one attached hydrogen (secondary N) is 1. The molecule has 8 heteroatoms. The lowest BCUT2D eigenvalue weighted by Gasteiger charge is -2.20. The summed E-state index contributed by atoms with van der Waals surface area (Å²) < 4.78 is 26.9. The van der Waals surface area contributed by atoms with Gasteiger partial charge in [-0.15, -0.1) is 5.10 Å². The number of rotatable bonds is 5. The van der Waals surface area contributed by atoms with Gasteiger partial charge in [0.2, 0.25) is 0 Å². The van der Waals surface area contributed by atoms with Crippen LogP contribution in [-0.2, 0) is 16.3 Å². The molecule has 0 bridgehead atoms. The van der Waals surface area contributed by atoms with Crippen LogP contribution in [0.2, 0.25) is 0 Å². The Labute approximate surface area is 158 Å². The third-order valence-corrected chi connectivity index (χ3v) is 5.37. The first kappa shape index (κ1) is 18.9. The molecule has 0 atom stereocenters. The summed E-state index contributed by atoms with van der Waals surface area (Å²) >= 11 is 0. The Morgan fingerprint density at radius 2 is 1.81 bits per heavy atom. The molecule has 0 saturated carbocycles. The van der Waals surface area contributed by atoms with Crippen LogP contribution in [0, 0.1) is 0 Å². The molecule has 0 unspecified atom stereocenters. The molecule has 1 aromatic carbocycles. The molecule has 0 saturated heterocycles. The molecule has 7 nitrogen and oxygen atoms in total. The summed E-state index contributed by atoms with van der Waals surface area (Å²) in [6.07, 6.45) is 1.84. The zero-order valence-electron chi connectivity index (χ0n) is 15.7. The number of aryl methyl sites for hydroxylation is 1. The number of aromatic nitrogens is 2. The van der Waals surface area contributed by atoms with Crippen LogP contribution < -0.4 is 10.2 Å². The Kier molecular flexibility index (Phi) is 4.93. The second kappa shape index (κ2) is 7.03. The maximum absolute atomic E-state index is 12.7. The van der Waals surface area contributed by atoms with Crippen LogP contribution in [0.4, 0.5) is 11.5 Å². The number of nitrogens with zero attached hydrogens (tertiary/aromatic N) is 3. The highest BCUT2D eigenvalue weighted by Gasteiger charge is 2.27. The SMILES string of the molecule is CCc1ccc2c(NC(=O)c3ccccc3)c(S(C)(=O)=O)c(N(C)C)nn12. The van der Waals surface area contributed by atoms with Crippen LogP contribution in [0.15, 0.2) is 47.4 Å². The van der Waals surface area contributed by atoms with Crippen LogP contribution in [0.25, 0.3) is 5.52 Å². The van der Waals surface area contributed by atoms with Gasteiger partial charge in [0.05, 0.1) is 11.2 Å². The van der Waals surface area contributed by atoms with Crippen molar-refractivity contribution in [3.05, 3.63) is 53.7 Å². The molecule has 1 amide bonds. The molecular weight excluding hydrogens is 364 g/mol. The van der Waals surface area contributed by atoms with Crippen molar-refractivity contribution in [1.82, 2.24) is 9.61 Å². The highest BCUT2D eigenvalue weighted by atomic mass is 32.2. The lowest BCUT2D eigenvalue weighted by atomic mass is 10.2. The van der Waals surface area contributed by atoms with Gasteiger partial charge in [-0.3, -0.25) is 4.79 Å². The van der Waals surface area contributed by atoms with E-state index in [2.05, 4.69) is 10.4 Å². The molecule has 0 spiro atoms. The summed E-state index contributed by atoms with van der Waals surface area (Å²) in [5, 5.41) is 7.33. The van der Waals surface area contributed by atoms with E-state index >= 15 is 0 Å². The highest BCUT2D eigenvalue weighted by Crippen LogP contribution is 2.34. The smallest absolute Gasteiger partial charge is 0.255 e. The van der Waals surface area contributed by atoms with E-state index in [0.29, 0.717) is 11.1 Å². The van der Waals surface area contributed by atoms with Crippen molar-refractivity contribution in [3.8, 4) is 0 Å². The fourth-order valence-corrected chi connectivity index (χ4v) is 4.04. The second-order valence-electron chi connectivity index (χ2n) is 6.49. The van der Waals surface area contributed by atoms with Gasteiger partial charge in [0, 0.05) is 31.6 Å². The van der Waals surface area contributed by atoms with E-state index in [9.17, 15) is 13.2 Å². The molecule has 2 heterocycles. The topological polar surface area (TPSA) is 83.8 Å². The fraction of sp³-hybridized carbons (Fsp3) is 0.263. The Balaban J connectivity index is 2.30. The van der Waals surface area contributed by atoms with Gasteiger partial charge < -0.3 is 10.2 Å². The number of hydrogen-bond acceptors (Lipinski definition) is 5. The molecule has 3 aromatic rings. The van der Waals surface area contributed by atoms with Gasteiger partial charge in [0.15, 0.2) is 15.7 Å². The standard InChI is InChI=1S/C19H22N4O3S/c1-5-14-11-12-15-16(20-19(24)13-9-7-6-8-10-13)17(27(4,25)26)18(22(2)3)21-23(14)15/h6-12H,5H2,1-4H3,(H,20,24). The number of carbonyl (C=O) groups is 1. The van der Waals surface area contributed by atoms with Crippen LogP contribution in [0.5, 0.6) is 0 Å². The first-order valence-electron chi connectivity index (χ1n) is 8.52. The molecule has 0 aliphatic rings. The lowest BCUT2D eigenvalue weighted by Crippen LogP contribution is -2.22. The van der Waals surface area contributed by atoms with E-state index in [0.717, 1.165) is 18.4 Å². The average Bonchev–Trinajstić information content (AvgIpc) is 3.04. The van der Waals surface area contributed by atoms with Gasteiger partial charge >= 0.3 is 0 Å². The van der Waals surface area contributed by atoms with E-state index in [-0.39, 0.29) is 22.3 Å². The second-order valence-corrected chi connectivity index (χ2v) is 8.44. The van der Waals surface area contributed by atoms with Gasteiger partial charge in [0.1, 0.15) is 4.90 Å². The molecule has 0 aliphatic heterocycles. The Hall–Kier alpha value is -2.87. The van der Waals surface area contributed by atoms with Crippen molar-refractivity contribution in [2.75, 3.05) is 30.6 Å². The summed E-state index contributed by atoms with van der Waals surface area (Å²) in [6.45, 7) is 1.99. The third kappa shape index (κ3) is 3.52. The summed E-state index contributed by atoms with van der Waals surface area (Å²) in [7, 11) is -0.212. The van der Waals surface area contributed by atoms with E-state index in [1.54, 1.807) is 53.8 Å². The normalized spacial score (nSPS) is 11.6. The number of amides is 1. The Morgan fingerprint density at radius 1 is 1.15 bits per heavy atom. The largest absolute Gasteiger partial charge is 0.360 e. The lowest BCUT2D eigenvalue weighted by molar-refractivity contribution is 0.102. The van der Waals surface area contributed by atoms with Gasteiger partial charge in [-0.05, 0) is 30.7 Å². The monoisotopic (exact) mass is 386 g/mol. The number of hydrogen-bond donors (Lipinski definition) is 1. The number of fused-ring (bicyclic) bond motifs is 1. The number of carbonyl (C=O) groups excluding carboxylic acids is 1. The zero-order valence-corrected chi connectivity index (χ0v) is 16.5. The maximum atomic E-state index is 12.7. The molecule has 3 rings (SSSR count). The third-order valence-electron chi connectivity index (χ3n) is 4.25. The van der Waals surface area contributed by atoms with Crippen LogP contribution >= 0.6 is 0 Å². The van der Waals surface area contributed by atoms with E-state index in [1.807, 2.05) is 19.1 Å².